The highest BCUT2D eigenvalue weighted by Gasteiger charge is 2.49. The van der Waals surface area contributed by atoms with Crippen LogP contribution in [0.25, 0.3) is 0 Å². The van der Waals surface area contributed by atoms with Crippen LogP contribution >= 0.6 is 0 Å². The molecule has 5 nitrogen and oxygen atoms in total. The molecule has 0 saturated carbocycles. The van der Waals surface area contributed by atoms with Gasteiger partial charge in [-0.15, -0.1) is 0 Å². The van der Waals surface area contributed by atoms with Gasteiger partial charge in [0.05, 0.1) is 13.2 Å². The maximum atomic E-state index is 11.0. The first-order chi connectivity index (χ1) is 6.20. The van der Waals surface area contributed by atoms with E-state index in [1.54, 1.807) is 13.8 Å². The summed E-state index contributed by atoms with van der Waals surface area (Å²) in [6.45, 7) is 4.10. The van der Waals surface area contributed by atoms with Crippen LogP contribution in [0.2, 0.25) is 0 Å². The first kappa shape index (κ1) is 9.98. The molecule has 13 heavy (non-hydrogen) atoms. The van der Waals surface area contributed by atoms with E-state index in [-0.39, 0.29) is 11.9 Å². The molecule has 1 aliphatic rings. The number of esters is 2. The van der Waals surface area contributed by atoms with Crippen LogP contribution in [0.5, 0.6) is 0 Å². The largest absolute Gasteiger partial charge is 0.465 e. The molecule has 0 bridgehead atoms. The van der Waals surface area contributed by atoms with E-state index >= 15 is 0 Å². The minimum atomic E-state index is -0.501. The number of hydrogen-bond donors (Lipinski definition) is 1. The average molecular weight is 187 g/mol. The van der Waals surface area contributed by atoms with Crippen molar-refractivity contribution in [1.82, 2.24) is 5.32 Å². The van der Waals surface area contributed by atoms with Crippen LogP contribution in [0.4, 0.5) is 0 Å². The molecule has 0 aromatic rings. The third kappa shape index (κ3) is 2.42. The summed E-state index contributed by atoms with van der Waals surface area (Å²) in [7, 11) is 0. The molecule has 74 valence electrons. The van der Waals surface area contributed by atoms with E-state index in [4.69, 9.17) is 9.47 Å². The summed E-state index contributed by atoms with van der Waals surface area (Å²) < 4.78 is 9.43. The maximum absolute atomic E-state index is 11.0. The van der Waals surface area contributed by atoms with Gasteiger partial charge >= 0.3 is 11.9 Å². The van der Waals surface area contributed by atoms with E-state index in [0.29, 0.717) is 13.2 Å². The second-order valence-corrected chi connectivity index (χ2v) is 2.63. The van der Waals surface area contributed by atoms with Crippen LogP contribution in [0.1, 0.15) is 13.8 Å². The predicted octanol–water partition coefficient (Wildman–Crippen LogP) is -0.547. The Labute approximate surface area is 76.4 Å². The Bertz CT molecular complexity index is 194. The number of nitrogens with one attached hydrogen (secondary N) is 1. The van der Waals surface area contributed by atoms with Crippen molar-refractivity contribution in [3.63, 3.8) is 0 Å². The second kappa shape index (κ2) is 4.23. The summed E-state index contributed by atoms with van der Waals surface area (Å²) in [5, 5.41) is 2.69. The highest BCUT2D eigenvalue weighted by molar-refractivity contribution is 5.92. The van der Waals surface area contributed by atoms with E-state index in [2.05, 4.69) is 5.32 Å². The molecule has 0 spiro atoms. The monoisotopic (exact) mass is 187 g/mol. The Balaban J connectivity index is 2.29. The summed E-state index contributed by atoms with van der Waals surface area (Å²) in [6.07, 6.45) is 0. The van der Waals surface area contributed by atoms with E-state index < -0.39 is 12.1 Å². The lowest BCUT2D eigenvalue weighted by atomic mass is 10.3. The third-order valence-electron chi connectivity index (χ3n) is 1.66. The fourth-order valence-corrected chi connectivity index (χ4v) is 1.01. The summed E-state index contributed by atoms with van der Waals surface area (Å²) in [5.74, 6) is -0.777. The summed E-state index contributed by atoms with van der Waals surface area (Å²) in [6, 6.07) is -1.00. The van der Waals surface area contributed by atoms with Crippen LogP contribution in [-0.2, 0) is 19.1 Å². The van der Waals surface area contributed by atoms with Gasteiger partial charge in [-0.1, -0.05) is 0 Å². The van der Waals surface area contributed by atoms with E-state index in [1.165, 1.54) is 0 Å². The van der Waals surface area contributed by atoms with Crippen LogP contribution < -0.4 is 5.32 Å². The van der Waals surface area contributed by atoms with Gasteiger partial charge in [-0.3, -0.25) is 14.9 Å². The van der Waals surface area contributed by atoms with Crippen molar-refractivity contribution in [2.75, 3.05) is 13.2 Å². The fourth-order valence-electron chi connectivity index (χ4n) is 1.01. The lowest BCUT2D eigenvalue weighted by Crippen LogP contribution is -2.20. The molecule has 1 N–H and O–H groups in total. The predicted molar refractivity (Wildman–Crippen MR) is 44.0 cm³/mol. The molecule has 1 rings (SSSR count). The van der Waals surface area contributed by atoms with Crippen molar-refractivity contribution in [2.45, 2.75) is 25.9 Å². The summed E-state index contributed by atoms with van der Waals surface area (Å²) in [5.41, 5.74) is 0. The Morgan fingerprint density at radius 1 is 1.08 bits per heavy atom. The van der Waals surface area contributed by atoms with Crippen LogP contribution in [0.3, 0.4) is 0 Å². The highest BCUT2D eigenvalue weighted by Crippen LogP contribution is 2.14. The van der Waals surface area contributed by atoms with Crippen molar-refractivity contribution >= 4 is 11.9 Å². The molecule has 0 aromatic heterocycles. The topological polar surface area (TPSA) is 74.5 Å². The van der Waals surface area contributed by atoms with Gasteiger partial charge in [-0.2, -0.15) is 0 Å². The van der Waals surface area contributed by atoms with Gasteiger partial charge in [0.15, 0.2) is 0 Å². The van der Waals surface area contributed by atoms with Gasteiger partial charge in [0.2, 0.25) is 0 Å². The molecule has 0 amide bonds. The molecule has 0 unspecified atom stereocenters. The first-order valence-electron chi connectivity index (χ1n) is 4.30. The number of carbonyl (C=O) groups excluding carboxylic acids is 2. The molecule has 5 heteroatoms. The summed E-state index contributed by atoms with van der Waals surface area (Å²) >= 11 is 0. The fraction of sp³-hybridized carbons (Fsp3) is 0.750. The lowest BCUT2D eigenvalue weighted by Gasteiger charge is -1.99. The standard InChI is InChI=1S/C8H13NO4/c1-3-12-7(10)5-6(9-5)8(11)13-4-2/h5-6,9H,3-4H2,1-2H3/t5-,6-/m1/s1. The number of ether oxygens (including phenoxy) is 2. The quantitative estimate of drug-likeness (QED) is 0.472. The normalized spacial score (nSPS) is 25.1. The molecule has 1 saturated heterocycles. The average Bonchev–Trinajstić information content (AvgIpc) is 2.84. The number of rotatable bonds is 4. The van der Waals surface area contributed by atoms with Crippen molar-refractivity contribution in [2.24, 2.45) is 0 Å². The Morgan fingerprint density at radius 3 is 1.77 bits per heavy atom. The van der Waals surface area contributed by atoms with Crippen LogP contribution in [0, 0.1) is 0 Å². The molecule has 0 aliphatic carbocycles. The SMILES string of the molecule is CCOC(=O)[C@@H]1N[C@H]1C(=O)OCC. The van der Waals surface area contributed by atoms with E-state index in [9.17, 15) is 9.59 Å². The minimum Gasteiger partial charge on any atom is -0.465 e. The molecule has 1 heterocycles. The molecule has 1 fully saturated rings. The van der Waals surface area contributed by atoms with Gasteiger partial charge in [-0.25, -0.2) is 0 Å². The number of hydrogen-bond acceptors (Lipinski definition) is 5. The smallest absolute Gasteiger partial charge is 0.325 e. The maximum Gasteiger partial charge on any atom is 0.325 e. The molecule has 1 aliphatic heterocycles. The van der Waals surface area contributed by atoms with Crippen LogP contribution in [-0.4, -0.2) is 37.2 Å². The van der Waals surface area contributed by atoms with Gasteiger partial charge in [0.25, 0.3) is 0 Å². The van der Waals surface area contributed by atoms with Gasteiger partial charge in [-0.05, 0) is 13.8 Å². The zero-order valence-corrected chi connectivity index (χ0v) is 7.70. The molecule has 2 atom stereocenters. The van der Waals surface area contributed by atoms with Crippen molar-refractivity contribution in [1.29, 1.82) is 0 Å². The van der Waals surface area contributed by atoms with Crippen LogP contribution in [0.15, 0.2) is 0 Å². The molecular weight excluding hydrogens is 174 g/mol. The van der Waals surface area contributed by atoms with E-state index in [0.717, 1.165) is 0 Å². The molecule has 0 aromatic carbocycles. The summed E-state index contributed by atoms with van der Waals surface area (Å²) in [4.78, 5) is 22.1. The second-order valence-electron chi connectivity index (χ2n) is 2.63. The van der Waals surface area contributed by atoms with Gasteiger partial charge < -0.3 is 9.47 Å². The first-order valence-corrected chi connectivity index (χ1v) is 4.30. The zero-order valence-electron chi connectivity index (χ0n) is 7.70. The molecule has 0 radical (unpaired) electrons. The zero-order chi connectivity index (χ0) is 9.84. The Hall–Kier alpha value is -1.10. The third-order valence-corrected chi connectivity index (χ3v) is 1.66. The molecular formula is C8H13NO4. The van der Waals surface area contributed by atoms with E-state index in [1.807, 2.05) is 0 Å². The Morgan fingerprint density at radius 2 is 1.46 bits per heavy atom. The van der Waals surface area contributed by atoms with Crippen molar-refractivity contribution in [3.05, 3.63) is 0 Å². The van der Waals surface area contributed by atoms with Crippen molar-refractivity contribution < 1.29 is 19.1 Å². The number of carbonyl (C=O) groups is 2. The lowest BCUT2D eigenvalue weighted by molar-refractivity contribution is -0.147. The van der Waals surface area contributed by atoms with Gasteiger partial charge in [0, 0.05) is 0 Å². The van der Waals surface area contributed by atoms with Gasteiger partial charge in [0.1, 0.15) is 12.1 Å². The highest BCUT2D eigenvalue weighted by atomic mass is 16.5. The van der Waals surface area contributed by atoms with Crippen molar-refractivity contribution in [3.8, 4) is 0 Å². The Kier molecular flexibility index (Phi) is 3.25. The minimum absolute atomic E-state index is 0.326.